The number of rotatable bonds is 8. The topological polar surface area (TPSA) is 68.9 Å². The minimum atomic E-state index is 0.443. The Morgan fingerprint density at radius 3 is 2.54 bits per heavy atom. The van der Waals surface area contributed by atoms with Gasteiger partial charge in [0.2, 0.25) is 0 Å². The Morgan fingerprint density at radius 2 is 1.83 bits per heavy atom. The fourth-order valence-electron chi connectivity index (χ4n) is 2.08. The highest BCUT2D eigenvalue weighted by Crippen LogP contribution is 2.27. The van der Waals surface area contributed by atoms with Gasteiger partial charge in [0.05, 0.1) is 20.8 Å². The van der Waals surface area contributed by atoms with Crippen molar-refractivity contribution in [3.05, 3.63) is 54.1 Å². The number of nitrogens with zero attached hydrogens (tertiary/aromatic N) is 1. The first-order valence-corrected chi connectivity index (χ1v) is 8.64. The predicted octanol–water partition coefficient (Wildman–Crippen LogP) is 2.90. The molecule has 2 aromatic carbocycles. The van der Waals surface area contributed by atoms with E-state index in [1.807, 2.05) is 36.4 Å². The van der Waals surface area contributed by atoms with E-state index in [0.717, 1.165) is 17.9 Å². The summed E-state index contributed by atoms with van der Waals surface area (Å²) in [5.74, 6) is 2.76. The quantitative estimate of drug-likeness (QED) is 0.333. The van der Waals surface area contributed by atoms with E-state index in [-0.39, 0.29) is 0 Å². The predicted molar refractivity (Wildman–Crippen MR) is 100 cm³/mol. The van der Waals surface area contributed by atoms with Gasteiger partial charge in [0.15, 0.2) is 17.5 Å². The van der Waals surface area contributed by atoms with Crippen LogP contribution in [-0.4, -0.2) is 32.5 Å². The van der Waals surface area contributed by atoms with Crippen molar-refractivity contribution in [1.29, 1.82) is 0 Å². The van der Waals surface area contributed by atoms with E-state index in [9.17, 15) is 0 Å². The number of aliphatic imine (C=N–C) groups is 1. The lowest BCUT2D eigenvalue weighted by Crippen LogP contribution is -2.33. The highest BCUT2D eigenvalue weighted by molar-refractivity contribution is 7.99. The van der Waals surface area contributed by atoms with E-state index in [1.54, 1.807) is 26.0 Å². The van der Waals surface area contributed by atoms with Crippen LogP contribution in [0, 0.1) is 0 Å². The van der Waals surface area contributed by atoms with Crippen LogP contribution < -0.4 is 20.5 Å². The van der Waals surface area contributed by atoms with Crippen molar-refractivity contribution in [1.82, 2.24) is 5.32 Å². The Bertz CT molecular complexity index is 663. The molecule has 3 N–H and O–H groups in total. The lowest BCUT2D eigenvalue weighted by atomic mass is 10.2. The first-order valence-electron chi connectivity index (χ1n) is 7.65. The molecule has 0 fully saturated rings. The van der Waals surface area contributed by atoms with Gasteiger partial charge in [-0.25, -0.2) is 4.99 Å². The van der Waals surface area contributed by atoms with Gasteiger partial charge in [0, 0.05) is 17.2 Å². The number of hydrogen-bond donors (Lipinski definition) is 2. The fraction of sp³-hybridized carbons (Fsp3) is 0.278. The Labute approximate surface area is 147 Å². The van der Waals surface area contributed by atoms with E-state index in [0.29, 0.717) is 24.0 Å². The summed E-state index contributed by atoms with van der Waals surface area (Å²) in [6, 6.07) is 16.0. The summed E-state index contributed by atoms with van der Waals surface area (Å²) < 4.78 is 10.5. The van der Waals surface area contributed by atoms with E-state index < -0.39 is 0 Å². The number of benzene rings is 2. The largest absolute Gasteiger partial charge is 0.493 e. The highest BCUT2D eigenvalue weighted by Gasteiger charge is 2.04. The van der Waals surface area contributed by atoms with Gasteiger partial charge in [-0.2, -0.15) is 0 Å². The highest BCUT2D eigenvalue weighted by atomic mass is 32.2. The molecule has 0 heterocycles. The SMILES string of the molecule is COc1ccc(CN=C(N)NCCSc2ccccc2)cc1OC. The second-order valence-electron chi connectivity index (χ2n) is 4.98. The average Bonchev–Trinajstić information content (AvgIpc) is 2.64. The van der Waals surface area contributed by atoms with Crippen LogP contribution >= 0.6 is 11.8 Å². The van der Waals surface area contributed by atoms with Gasteiger partial charge in [0.25, 0.3) is 0 Å². The van der Waals surface area contributed by atoms with Gasteiger partial charge in [0.1, 0.15) is 0 Å². The number of nitrogens with two attached hydrogens (primary N) is 1. The van der Waals surface area contributed by atoms with Crippen LogP contribution in [0.2, 0.25) is 0 Å². The number of nitrogens with one attached hydrogen (secondary N) is 1. The molecule has 2 rings (SSSR count). The van der Waals surface area contributed by atoms with Crippen molar-refractivity contribution < 1.29 is 9.47 Å². The molecule has 0 amide bonds. The van der Waals surface area contributed by atoms with Crippen molar-refractivity contribution in [2.75, 3.05) is 26.5 Å². The Morgan fingerprint density at radius 1 is 1.08 bits per heavy atom. The van der Waals surface area contributed by atoms with E-state index in [2.05, 4.69) is 22.4 Å². The Kier molecular flexibility index (Phi) is 7.29. The summed E-state index contributed by atoms with van der Waals surface area (Å²) in [6.07, 6.45) is 0. The fourth-order valence-corrected chi connectivity index (χ4v) is 2.87. The van der Waals surface area contributed by atoms with Crippen molar-refractivity contribution in [3.63, 3.8) is 0 Å². The maximum Gasteiger partial charge on any atom is 0.188 e. The van der Waals surface area contributed by atoms with Gasteiger partial charge >= 0.3 is 0 Å². The molecule has 2 aromatic rings. The minimum absolute atomic E-state index is 0.443. The van der Waals surface area contributed by atoms with Gasteiger partial charge in [-0.15, -0.1) is 11.8 Å². The monoisotopic (exact) mass is 345 g/mol. The molecule has 0 aromatic heterocycles. The molecular weight excluding hydrogens is 322 g/mol. The second kappa shape index (κ2) is 9.72. The second-order valence-corrected chi connectivity index (χ2v) is 6.15. The molecular formula is C18H23N3O2S. The van der Waals surface area contributed by atoms with E-state index in [4.69, 9.17) is 15.2 Å². The molecule has 0 saturated heterocycles. The molecule has 0 spiro atoms. The lowest BCUT2D eigenvalue weighted by Gasteiger charge is -2.09. The maximum atomic E-state index is 5.90. The Hall–Kier alpha value is -2.34. The smallest absolute Gasteiger partial charge is 0.188 e. The number of methoxy groups -OCH3 is 2. The normalized spacial score (nSPS) is 11.2. The first kappa shape index (κ1) is 18.0. The summed E-state index contributed by atoms with van der Waals surface area (Å²) in [5.41, 5.74) is 6.91. The molecule has 24 heavy (non-hydrogen) atoms. The third-order valence-corrected chi connectivity index (χ3v) is 4.31. The van der Waals surface area contributed by atoms with Crippen LogP contribution in [-0.2, 0) is 6.54 Å². The maximum absolute atomic E-state index is 5.90. The third-order valence-electron chi connectivity index (χ3n) is 3.30. The molecule has 5 nitrogen and oxygen atoms in total. The van der Waals surface area contributed by atoms with Crippen LogP contribution in [0.25, 0.3) is 0 Å². The molecule has 0 atom stereocenters. The summed E-state index contributed by atoms with van der Waals surface area (Å²) in [5, 5.41) is 3.13. The van der Waals surface area contributed by atoms with E-state index >= 15 is 0 Å². The van der Waals surface area contributed by atoms with Crippen LogP contribution in [0.1, 0.15) is 5.56 Å². The number of thioether (sulfide) groups is 1. The summed E-state index contributed by atoms with van der Waals surface area (Å²) in [4.78, 5) is 5.60. The molecule has 0 bridgehead atoms. The third kappa shape index (κ3) is 5.70. The zero-order valence-corrected chi connectivity index (χ0v) is 14.8. The van der Waals surface area contributed by atoms with Gasteiger partial charge in [-0.3, -0.25) is 0 Å². The van der Waals surface area contributed by atoms with Gasteiger partial charge in [-0.05, 0) is 29.8 Å². The molecule has 0 aliphatic carbocycles. The van der Waals surface area contributed by atoms with Crippen LogP contribution in [0.5, 0.6) is 11.5 Å². The Balaban J connectivity index is 1.77. The van der Waals surface area contributed by atoms with Gasteiger partial charge < -0.3 is 20.5 Å². The average molecular weight is 345 g/mol. The summed E-state index contributed by atoms with van der Waals surface area (Å²) in [6.45, 7) is 1.26. The summed E-state index contributed by atoms with van der Waals surface area (Å²) in [7, 11) is 3.23. The van der Waals surface area contributed by atoms with Crippen molar-refractivity contribution in [3.8, 4) is 11.5 Å². The van der Waals surface area contributed by atoms with Crippen molar-refractivity contribution in [2.24, 2.45) is 10.7 Å². The lowest BCUT2D eigenvalue weighted by molar-refractivity contribution is 0.354. The van der Waals surface area contributed by atoms with Crippen molar-refractivity contribution >= 4 is 17.7 Å². The minimum Gasteiger partial charge on any atom is -0.493 e. The molecule has 128 valence electrons. The van der Waals surface area contributed by atoms with Crippen LogP contribution in [0.15, 0.2) is 58.4 Å². The molecule has 0 aliphatic rings. The van der Waals surface area contributed by atoms with Crippen molar-refractivity contribution in [2.45, 2.75) is 11.4 Å². The molecule has 0 saturated carbocycles. The van der Waals surface area contributed by atoms with Gasteiger partial charge in [-0.1, -0.05) is 24.3 Å². The molecule has 0 aliphatic heterocycles. The molecule has 6 heteroatoms. The zero-order valence-electron chi connectivity index (χ0n) is 14.0. The first-order chi connectivity index (χ1) is 11.7. The summed E-state index contributed by atoms with van der Waals surface area (Å²) >= 11 is 1.78. The number of guanidine groups is 1. The molecule has 0 radical (unpaired) electrons. The number of hydrogen-bond acceptors (Lipinski definition) is 4. The van der Waals surface area contributed by atoms with Crippen LogP contribution in [0.4, 0.5) is 0 Å². The molecule has 0 unspecified atom stereocenters. The van der Waals surface area contributed by atoms with Crippen LogP contribution in [0.3, 0.4) is 0 Å². The standard InChI is InChI=1S/C18H23N3O2S/c1-22-16-9-8-14(12-17(16)23-2)13-21-18(19)20-10-11-24-15-6-4-3-5-7-15/h3-9,12H,10-11,13H2,1-2H3,(H3,19,20,21). The van der Waals surface area contributed by atoms with E-state index in [1.165, 1.54) is 4.90 Å². The zero-order chi connectivity index (χ0) is 17.2. The number of ether oxygens (including phenoxy) is 2.